The summed E-state index contributed by atoms with van der Waals surface area (Å²) in [5.74, 6) is -1.46. The van der Waals surface area contributed by atoms with Crippen molar-refractivity contribution in [2.45, 2.75) is 9.96 Å². The van der Waals surface area contributed by atoms with Crippen molar-refractivity contribution in [3.05, 3.63) is 64.9 Å². The zero-order valence-electron chi connectivity index (χ0n) is 12.9. The van der Waals surface area contributed by atoms with E-state index in [-0.39, 0.29) is 10.7 Å². The Morgan fingerprint density at radius 3 is 2.23 bits per heavy atom. The smallest absolute Gasteiger partial charge is 0.255 e. The van der Waals surface area contributed by atoms with Crippen LogP contribution in [-0.2, 0) is 0 Å². The first-order valence-corrected chi connectivity index (χ1v) is 9.04. The van der Waals surface area contributed by atoms with E-state index in [0.29, 0.717) is 10.7 Å². The monoisotopic (exact) mass is 453 g/mol. The normalized spacial score (nSPS) is 12.2. The summed E-state index contributed by atoms with van der Waals surface area (Å²) >= 11 is 28.6. The van der Waals surface area contributed by atoms with Crippen molar-refractivity contribution in [3.63, 3.8) is 0 Å². The van der Waals surface area contributed by atoms with Crippen LogP contribution >= 0.6 is 58.6 Å². The number of rotatable bonds is 4. The SMILES string of the molecule is O=C(N[C@H](NC(=S)Nc1ccc(Cl)cc1)C(Cl)(Cl)Cl)c1ccccc1F. The van der Waals surface area contributed by atoms with Crippen molar-refractivity contribution in [3.8, 4) is 0 Å². The lowest BCUT2D eigenvalue weighted by atomic mass is 10.2. The zero-order valence-corrected chi connectivity index (χ0v) is 16.7. The largest absolute Gasteiger partial charge is 0.339 e. The van der Waals surface area contributed by atoms with Gasteiger partial charge in [0, 0.05) is 10.7 Å². The Hall–Kier alpha value is -1.31. The first kappa shape index (κ1) is 21.0. The molecule has 0 saturated heterocycles. The van der Waals surface area contributed by atoms with Gasteiger partial charge in [-0.25, -0.2) is 4.39 Å². The lowest BCUT2D eigenvalue weighted by Gasteiger charge is -2.27. The van der Waals surface area contributed by atoms with Gasteiger partial charge in [0.25, 0.3) is 5.91 Å². The fourth-order valence-electron chi connectivity index (χ4n) is 1.89. The standard InChI is InChI=1S/C16H12Cl4FN3OS/c17-9-5-7-10(8-6-9)22-15(26)24-14(16(18,19)20)23-13(25)11-3-1-2-4-12(11)21/h1-8,14H,(H,23,25)(H2,22,24,26)/t14-/m1/s1. The van der Waals surface area contributed by atoms with Gasteiger partial charge in [-0.1, -0.05) is 58.5 Å². The van der Waals surface area contributed by atoms with E-state index in [1.54, 1.807) is 24.3 Å². The summed E-state index contributed by atoms with van der Waals surface area (Å²) in [4.78, 5) is 12.3. The number of hydrogen-bond donors (Lipinski definition) is 3. The van der Waals surface area contributed by atoms with Gasteiger partial charge >= 0.3 is 0 Å². The topological polar surface area (TPSA) is 53.2 Å². The third-order valence-corrected chi connectivity index (χ3v) is 4.23. The maximum atomic E-state index is 13.7. The van der Waals surface area contributed by atoms with Gasteiger partial charge in [-0.2, -0.15) is 0 Å². The van der Waals surface area contributed by atoms with E-state index in [0.717, 1.165) is 6.07 Å². The first-order valence-electron chi connectivity index (χ1n) is 7.12. The predicted molar refractivity (Wildman–Crippen MR) is 109 cm³/mol. The van der Waals surface area contributed by atoms with E-state index in [2.05, 4.69) is 16.0 Å². The van der Waals surface area contributed by atoms with Crippen molar-refractivity contribution in [1.29, 1.82) is 0 Å². The number of thiocarbonyl (C=S) groups is 1. The number of carbonyl (C=O) groups excluding carboxylic acids is 1. The third kappa shape index (κ3) is 6.14. The average Bonchev–Trinajstić information content (AvgIpc) is 2.56. The molecule has 0 radical (unpaired) electrons. The highest BCUT2D eigenvalue weighted by Crippen LogP contribution is 2.29. The molecule has 1 amide bonds. The number of nitrogens with one attached hydrogen (secondary N) is 3. The van der Waals surface area contributed by atoms with Gasteiger partial charge in [-0.3, -0.25) is 4.79 Å². The van der Waals surface area contributed by atoms with Gasteiger partial charge in [-0.05, 0) is 48.6 Å². The van der Waals surface area contributed by atoms with Crippen LogP contribution < -0.4 is 16.0 Å². The van der Waals surface area contributed by atoms with Crippen molar-refractivity contribution >= 4 is 75.3 Å². The second-order valence-corrected chi connectivity index (χ2v) is 8.25. The molecule has 0 heterocycles. The lowest BCUT2D eigenvalue weighted by Crippen LogP contribution is -2.56. The van der Waals surface area contributed by atoms with Crippen LogP contribution in [0.1, 0.15) is 10.4 Å². The van der Waals surface area contributed by atoms with Crippen LogP contribution in [0.15, 0.2) is 48.5 Å². The number of benzene rings is 2. The van der Waals surface area contributed by atoms with Crippen molar-refractivity contribution in [1.82, 2.24) is 10.6 Å². The highest BCUT2D eigenvalue weighted by atomic mass is 35.6. The molecule has 1 atom stereocenters. The van der Waals surface area contributed by atoms with Gasteiger partial charge in [0.05, 0.1) is 5.56 Å². The Morgan fingerprint density at radius 1 is 1.04 bits per heavy atom. The van der Waals surface area contributed by atoms with Gasteiger partial charge < -0.3 is 16.0 Å². The lowest BCUT2D eigenvalue weighted by molar-refractivity contribution is 0.0930. The maximum Gasteiger partial charge on any atom is 0.255 e. The van der Waals surface area contributed by atoms with Crippen LogP contribution in [0.5, 0.6) is 0 Å². The van der Waals surface area contributed by atoms with Crippen LogP contribution in [-0.4, -0.2) is 21.0 Å². The molecular formula is C16H12Cl4FN3OS. The quantitative estimate of drug-likeness (QED) is 0.349. The van der Waals surface area contributed by atoms with Crippen molar-refractivity contribution in [2.75, 3.05) is 5.32 Å². The summed E-state index contributed by atoms with van der Waals surface area (Å²) in [5.41, 5.74) is 0.445. The Bertz CT molecular complexity index is 799. The zero-order chi connectivity index (χ0) is 19.3. The molecule has 4 nitrogen and oxygen atoms in total. The number of halogens is 5. The molecule has 10 heteroatoms. The number of hydrogen-bond acceptors (Lipinski definition) is 2. The number of alkyl halides is 3. The Balaban J connectivity index is 2.07. The fraction of sp³-hybridized carbons (Fsp3) is 0.125. The number of amides is 1. The van der Waals surface area contributed by atoms with Crippen LogP contribution in [0.2, 0.25) is 5.02 Å². The Morgan fingerprint density at radius 2 is 1.65 bits per heavy atom. The predicted octanol–water partition coefficient (Wildman–Crippen LogP) is 4.89. The molecule has 26 heavy (non-hydrogen) atoms. The molecule has 0 unspecified atom stereocenters. The summed E-state index contributed by atoms with van der Waals surface area (Å²) in [6.45, 7) is 0. The van der Waals surface area contributed by atoms with Gasteiger partial charge in [0.1, 0.15) is 12.0 Å². The third-order valence-electron chi connectivity index (χ3n) is 3.10. The molecule has 0 aliphatic heterocycles. The van der Waals surface area contributed by atoms with E-state index < -0.39 is 21.7 Å². The minimum absolute atomic E-state index is 0.0810. The minimum Gasteiger partial charge on any atom is -0.339 e. The molecule has 2 aromatic carbocycles. The van der Waals surface area contributed by atoms with Crippen molar-refractivity contribution in [2.24, 2.45) is 0 Å². The first-order chi connectivity index (χ1) is 12.2. The van der Waals surface area contributed by atoms with Crippen LogP contribution in [0.4, 0.5) is 10.1 Å². The molecule has 3 N–H and O–H groups in total. The van der Waals surface area contributed by atoms with Gasteiger partial charge in [0.15, 0.2) is 5.11 Å². The maximum absolute atomic E-state index is 13.7. The number of anilines is 1. The average molecular weight is 455 g/mol. The summed E-state index contributed by atoms with van der Waals surface area (Å²) in [6.07, 6.45) is -1.22. The van der Waals surface area contributed by atoms with Crippen LogP contribution in [0, 0.1) is 5.82 Å². The molecule has 2 aromatic rings. The summed E-state index contributed by atoms with van der Waals surface area (Å²) in [5, 5.41) is 8.58. The molecule has 0 aliphatic carbocycles. The summed E-state index contributed by atoms with van der Waals surface area (Å²) in [7, 11) is 0. The minimum atomic E-state index is -1.95. The van der Waals surface area contributed by atoms with E-state index >= 15 is 0 Å². The molecular weight excluding hydrogens is 443 g/mol. The fourth-order valence-corrected chi connectivity index (χ4v) is 2.57. The van der Waals surface area contributed by atoms with E-state index in [1.807, 2.05) is 0 Å². The van der Waals surface area contributed by atoms with E-state index in [4.69, 9.17) is 58.6 Å². The Labute approximate surface area is 174 Å². The number of carbonyl (C=O) groups is 1. The van der Waals surface area contributed by atoms with Gasteiger partial charge in [-0.15, -0.1) is 0 Å². The second-order valence-electron chi connectivity index (χ2n) is 5.03. The van der Waals surface area contributed by atoms with E-state index in [1.165, 1.54) is 18.2 Å². The molecule has 0 spiro atoms. The summed E-state index contributed by atoms with van der Waals surface area (Å²) < 4.78 is 11.8. The molecule has 0 saturated carbocycles. The highest BCUT2D eigenvalue weighted by molar-refractivity contribution is 7.80. The van der Waals surface area contributed by atoms with E-state index in [9.17, 15) is 9.18 Å². The molecule has 0 aliphatic rings. The van der Waals surface area contributed by atoms with Crippen LogP contribution in [0.25, 0.3) is 0 Å². The Kier molecular flexibility index (Phi) is 7.32. The molecule has 138 valence electrons. The van der Waals surface area contributed by atoms with Gasteiger partial charge in [0.2, 0.25) is 3.79 Å². The van der Waals surface area contributed by atoms with Crippen molar-refractivity contribution < 1.29 is 9.18 Å². The molecule has 0 fully saturated rings. The van der Waals surface area contributed by atoms with Crippen LogP contribution in [0.3, 0.4) is 0 Å². The molecule has 0 bridgehead atoms. The molecule has 2 rings (SSSR count). The second kappa shape index (κ2) is 9.06. The summed E-state index contributed by atoms with van der Waals surface area (Å²) in [6, 6.07) is 12.2. The highest BCUT2D eigenvalue weighted by Gasteiger charge is 2.35. The molecule has 0 aromatic heterocycles.